The minimum absolute atomic E-state index is 0.362. The normalized spacial score (nSPS) is 13.4. The maximum absolute atomic E-state index is 14.6. The predicted octanol–water partition coefficient (Wildman–Crippen LogP) is 10.2. The highest BCUT2D eigenvalue weighted by molar-refractivity contribution is 6.42. The fraction of sp³-hybridized carbons (Fsp3) is 0.300. The molecule has 0 aromatic heterocycles. The smallest absolute Gasteiger partial charge is 0.266 e. The van der Waals surface area contributed by atoms with Gasteiger partial charge in [0.15, 0.2) is 0 Å². The van der Waals surface area contributed by atoms with Gasteiger partial charge < -0.3 is 9.47 Å². The van der Waals surface area contributed by atoms with Crippen molar-refractivity contribution in [2.45, 2.75) is 53.4 Å². The third kappa shape index (κ3) is 4.59. The van der Waals surface area contributed by atoms with Gasteiger partial charge in [-0.3, -0.25) is 9.59 Å². The second-order valence-corrected chi connectivity index (χ2v) is 12.3. The molecule has 0 saturated carbocycles. The fourth-order valence-corrected chi connectivity index (χ4v) is 7.05. The Morgan fingerprint density at radius 3 is 1.44 bits per heavy atom. The Bertz CT molecular complexity index is 1940. The minimum Gasteiger partial charge on any atom is -0.491 e. The number of benzene rings is 6. The Morgan fingerprint density at radius 2 is 0.978 bits per heavy atom. The summed E-state index contributed by atoms with van der Waals surface area (Å²) in [4.78, 5) is 30.5. The molecule has 0 radical (unpaired) electrons. The number of hydrogen-bond donors (Lipinski definition) is 0. The number of para-hydroxylation sites is 1. The van der Waals surface area contributed by atoms with Crippen molar-refractivity contribution < 1.29 is 19.1 Å². The number of anilines is 1. The van der Waals surface area contributed by atoms with E-state index in [4.69, 9.17) is 9.47 Å². The van der Waals surface area contributed by atoms with Crippen LogP contribution < -0.4 is 14.4 Å². The Morgan fingerprint density at radius 1 is 0.533 bits per heavy atom. The fourth-order valence-electron chi connectivity index (χ4n) is 7.05. The maximum Gasteiger partial charge on any atom is 0.266 e. The summed E-state index contributed by atoms with van der Waals surface area (Å²) in [6, 6.07) is 26.1. The van der Waals surface area contributed by atoms with Crippen molar-refractivity contribution in [3.8, 4) is 11.5 Å². The second-order valence-electron chi connectivity index (χ2n) is 12.3. The van der Waals surface area contributed by atoms with Gasteiger partial charge in [-0.1, -0.05) is 108 Å². The molecule has 5 nitrogen and oxygen atoms in total. The summed E-state index contributed by atoms with van der Waals surface area (Å²) >= 11 is 0. The number of hydrogen-bond acceptors (Lipinski definition) is 4. The van der Waals surface area contributed by atoms with Crippen LogP contribution in [0.3, 0.4) is 0 Å². The Labute approximate surface area is 264 Å². The number of fused-ring (bicyclic) bond motifs is 2. The van der Waals surface area contributed by atoms with Crippen molar-refractivity contribution in [3.05, 3.63) is 90.0 Å². The molecule has 2 amide bonds. The molecule has 7 rings (SSSR count). The molecule has 0 N–H and O–H groups in total. The first kappa shape index (κ1) is 29.1. The van der Waals surface area contributed by atoms with Gasteiger partial charge in [0.05, 0.1) is 13.2 Å². The highest BCUT2D eigenvalue weighted by Crippen LogP contribution is 2.47. The van der Waals surface area contributed by atoms with Gasteiger partial charge in [0.1, 0.15) is 17.2 Å². The van der Waals surface area contributed by atoms with Crippen LogP contribution in [-0.2, 0) is 0 Å². The number of carbonyl (C=O) groups excluding carboxylic acids is 2. The first-order chi connectivity index (χ1) is 22.0. The van der Waals surface area contributed by atoms with Gasteiger partial charge in [-0.15, -0.1) is 0 Å². The van der Waals surface area contributed by atoms with E-state index in [2.05, 4.69) is 64.1 Å². The lowest BCUT2D eigenvalue weighted by Crippen LogP contribution is -2.41. The molecular formula is C40H39NO4. The summed E-state index contributed by atoms with van der Waals surface area (Å²) in [7, 11) is 0. The molecule has 228 valence electrons. The molecule has 0 aliphatic carbocycles. The van der Waals surface area contributed by atoms with Crippen LogP contribution in [0.15, 0.2) is 78.9 Å². The average molecular weight is 598 g/mol. The van der Waals surface area contributed by atoms with Crippen LogP contribution in [0.25, 0.3) is 43.1 Å². The highest BCUT2D eigenvalue weighted by Gasteiger charge is 2.38. The van der Waals surface area contributed by atoms with Crippen molar-refractivity contribution in [2.75, 3.05) is 18.1 Å². The molecule has 6 aromatic carbocycles. The van der Waals surface area contributed by atoms with Crippen LogP contribution in [0.5, 0.6) is 11.5 Å². The van der Waals surface area contributed by atoms with Gasteiger partial charge >= 0.3 is 0 Å². The van der Waals surface area contributed by atoms with Gasteiger partial charge in [0, 0.05) is 16.5 Å². The van der Waals surface area contributed by atoms with Gasteiger partial charge in [-0.25, -0.2) is 4.90 Å². The van der Waals surface area contributed by atoms with Crippen LogP contribution in [0, 0.1) is 11.8 Å². The highest BCUT2D eigenvalue weighted by atomic mass is 16.5. The topological polar surface area (TPSA) is 55.8 Å². The molecule has 0 atom stereocenters. The average Bonchev–Trinajstić information content (AvgIpc) is 3.07. The molecule has 0 unspecified atom stereocenters. The number of carbonyl (C=O) groups is 2. The molecule has 0 saturated heterocycles. The summed E-state index contributed by atoms with van der Waals surface area (Å²) in [6.45, 7) is 9.60. The summed E-state index contributed by atoms with van der Waals surface area (Å²) in [5, 5.41) is 8.40. The number of amides is 2. The Balaban J connectivity index is 1.41. The number of rotatable bonds is 11. The van der Waals surface area contributed by atoms with Crippen LogP contribution in [0.1, 0.15) is 74.1 Å². The second kappa shape index (κ2) is 11.7. The van der Waals surface area contributed by atoms with Crippen molar-refractivity contribution >= 4 is 60.6 Å². The van der Waals surface area contributed by atoms with E-state index in [0.717, 1.165) is 58.0 Å². The summed E-state index contributed by atoms with van der Waals surface area (Å²) in [6.07, 6.45) is 3.93. The Kier molecular flexibility index (Phi) is 7.56. The van der Waals surface area contributed by atoms with E-state index in [1.807, 2.05) is 42.5 Å². The lowest BCUT2D eigenvalue weighted by Gasteiger charge is -2.31. The molecule has 45 heavy (non-hydrogen) atoms. The maximum atomic E-state index is 14.6. The van der Waals surface area contributed by atoms with Gasteiger partial charge in [0.25, 0.3) is 11.8 Å². The lowest BCUT2D eigenvalue weighted by atomic mass is 9.84. The molecule has 0 fully saturated rings. The van der Waals surface area contributed by atoms with E-state index in [-0.39, 0.29) is 11.8 Å². The first-order valence-corrected chi connectivity index (χ1v) is 16.4. The molecule has 6 aromatic rings. The van der Waals surface area contributed by atoms with E-state index in [1.165, 1.54) is 15.7 Å². The van der Waals surface area contributed by atoms with Gasteiger partial charge in [-0.2, -0.15) is 0 Å². The zero-order valence-electron chi connectivity index (χ0n) is 26.5. The molecular weight excluding hydrogens is 558 g/mol. The van der Waals surface area contributed by atoms with Crippen molar-refractivity contribution in [1.82, 2.24) is 0 Å². The van der Waals surface area contributed by atoms with Gasteiger partial charge in [0.2, 0.25) is 0 Å². The number of nitrogens with zero attached hydrogens (tertiary/aromatic N) is 1. The van der Waals surface area contributed by atoms with Gasteiger partial charge in [-0.05, 0) is 73.8 Å². The van der Waals surface area contributed by atoms with E-state index >= 15 is 0 Å². The summed E-state index contributed by atoms with van der Waals surface area (Å²) in [5.41, 5.74) is 1.41. The standard InChI is InChI=1S/C40H39NO4/c1-5-24(6-2)22-44-33-16-11-17-34(45-23-25(7-3)8-4)38(33)41-39(42)31-20-18-29-27-14-9-12-26-13-10-15-28(35(26)27)30-19-21-32(40(41)43)37(31)36(29)30/h9-21,24-25H,5-8,22-23H2,1-4H3. The quantitative estimate of drug-likeness (QED) is 0.0847. The monoisotopic (exact) mass is 597 g/mol. The lowest BCUT2D eigenvalue weighted by molar-refractivity contribution is 0.0890. The number of imide groups is 1. The zero-order valence-corrected chi connectivity index (χ0v) is 26.5. The molecule has 0 spiro atoms. The van der Waals surface area contributed by atoms with Crippen LogP contribution >= 0.6 is 0 Å². The SMILES string of the molecule is CCC(CC)COc1cccc(OCC(CC)CC)c1N1C(=O)c2ccc3c4cccc5cccc(c6ccc(c2c36)C1=O)c54. The van der Waals surface area contributed by atoms with Crippen molar-refractivity contribution in [3.63, 3.8) is 0 Å². The Hall–Kier alpha value is -4.64. The largest absolute Gasteiger partial charge is 0.491 e. The molecule has 1 aliphatic rings. The van der Waals surface area contributed by atoms with E-state index in [0.29, 0.717) is 53.4 Å². The third-order valence-corrected chi connectivity index (χ3v) is 9.96. The third-order valence-electron chi connectivity index (χ3n) is 9.96. The minimum atomic E-state index is -0.362. The van der Waals surface area contributed by atoms with Crippen molar-refractivity contribution in [1.29, 1.82) is 0 Å². The molecule has 0 bridgehead atoms. The molecule has 5 heteroatoms. The summed E-state index contributed by atoms with van der Waals surface area (Å²) in [5.74, 6) is 0.979. The zero-order chi connectivity index (χ0) is 31.2. The van der Waals surface area contributed by atoms with E-state index in [1.54, 1.807) is 0 Å². The van der Waals surface area contributed by atoms with Crippen molar-refractivity contribution in [2.24, 2.45) is 11.8 Å². The van der Waals surface area contributed by atoms with Crippen LogP contribution in [0.2, 0.25) is 0 Å². The van der Waals surface area contributed by atoms with Crippen LogP contribution in [0.4, 0.5) is 5.69 Å². The molecule has 1 aliphatic heterocycles. The molecule has 1 heterocycles. The summed E-state index contributed by atoms with van der Waals surface area (Å²) < 4.78 is 12.8. The van der Waals surface area contributed by atoms with Crippen LogP contribution in [-0.4, -0.2) is 25.0 Å². The predicted molar refractivity (Wildman–Crippen MR) is 184 cm³/mol. The number of ether oxygens (including phenoxy) is 2. The van der Waals surface area contributed by atoms with E-state index < -0.39 is 0 Å². The van der Waals surface area contributed by atoms with E-state index in [9.17, 15) is 9.59 Å². The first-order valence-electron chi connectivity index (χ1n) is 16.4.